The van der Waals surface area contributed by atoms with Gasteiger partial charge in [-0.1, -0.05) is 13.8 Å². The molecule has 0 radical (unpaired) electrons. The van der Waals surface area contributed by atoms with Crippen molar-refractivity contribution < 1.29 is 19.2 Å². The summed E-state index contributed by atoms with van der Waals surface area (Å²) in [6.45, 7) is 5.45. The molecule has 0 aromatic carbocycles. The number of nitrogens with one attached hydrogen (secondary N) is 1. The molecule has 0 bridgehead atoms. The highest BCUT2D eigenvalue weighted by Gasteiger charge is 2.53. The maximum absolute atomic E-state index is 12.3. The van der Waals surface area contributed by atoms with E-state index >= 15 is 0 Å². The van der Waals surface area contributed by atoms with Crippen LogP contribution in [0.2, 0.25) is 0 Å². The fourth-order valence-electron chi connectivity index (χ4n) is 2.41. The van der Waals surface area contributed by atoms with E-state index in [0.717, 1.165) is 4.90 Å². The number of rotatable bonds is 1. The van der Waals surface area contributed by atoms with Crippen LogP contribution in [0.3, 0.4) is 0 Å². The minimum absolute atomic E-state index is 0.0660. The van der Waals surface area contributed by atoms with Gasteiger partial charge < -0.3 is 0 Å². The van der Waals surface area contributed by atoms with Crippen LogP contribution < -0.4 is 5.32 Å². The van der Waals surface area contributed by atoms with Crippen LogP contribution in [0.5, 0.6) is 0 Å². The topological polar surface area (TPSA) is 109 Å². The largest absolute Gasteiger partial charge is 0.294 e. The summed E-state index contributed by atoms with van der Waals surface area (Å²) in [5.74, 6) is -2.40. The fraction of sp³-hybridized carbons (Fsp3) is 0.429. The summed E-state index contributed by atoms with van der Waals surface area (Å²) in [7, 11) is 0. The van der Waals surface area contributed by atoms with Crippen LogP contribution in [0.1, 0.15) is 54.6 Å². The second-order valence-electron chi connectivity index (χ2n) is 4.85. The first-order chi connectivity index (χ1) is 10.4. The summed E-state index contributed by atoms with van der Waals surface area (Å²) in [6.07, 6.45) is 2.76. The van der Waals surface area contributed by atoms with E-state index in [0.29, 0.717) is 0 Å². The molecule has 2 aliphatic rings. The van der Waals surface area contributed by atoms with Crippen molar-refractivity contribution in [3.8, 4) is 0 Å². The molecule has 1 unspecified atom stereocenters. The van der Waals surface area contributed by atoms with Gasteiger partial charge in [0.2, 0.25) is 5.91 Å². The average Bonchev–Trinajstić information content (AvgIpc) is 2.78. The number of hydrogen-bond donors (Lipinski definition) is 1. The van der Waals surface area contributed by atoms with Crippen molar-refractivity contribution in [2.75, 3.05) is 0 Å². The van der Waals surface area contributed by atoms with Gasteiger partial charge in [-0.05, 0) is 13.3 Å². The Morgan fingerprint density at radius 2 is 1.55 bits per heavy atom. The third-order valence-corrected chi connectivity index (χ3v) is 3.58. The third kappa shape index (κ3) is 2.16. The fourth-order valence-corrected chi connectivity index (χ4v) is 2.41. The molecule has 116 valence electrons. The first-order valence-corrected chi connectivity index (χ1v) is 6.99. The molecule has 1 fully saturated rings. The zero-order valence-electron chi connectivity index (χ0n) is 12.5. The maximum atomic E-state index is 12.3. The first-order valence-electron chi connectivity index (χ1n) is 6.99. The molecule has 1 atom stereocenters. The molecule has 1 N–H and O–H groups in total. The van der Waals surface area contributed by atoms with Crippen LogP contribution in [0.25, 0.3) is 0 Å². The standard InChI is InChI=1S/C12H10N4O4.C2H6/c1-12(3-2-6(17)15-11(12)20)16-9(18)7-8(10(16)19)14-5-4-13-7;1-2/h4-5H,2-3H2,1H3,(H,15,17,20);1-2H3. The molecule has 2 aliphatic heterocycles. The summed E-state index contributed by atoms with van der Waals surface area (Å²) in [4.78, 5) is 56.3. The number of fused-ring (bicyclic) bond motifs is 1. The highest BCUT2D eigenvalue weighted by molar-refractivity contribution is 6.22. The zero-order valence-corrected chi connectivity index (χ0v) is 12.5. The molecule has 0 saturated carbocycles. The molecule has 3 heterocycles. The van der Waals surface area contributed by atoms with Crippen LogP contribution in [-0.4, -0.2) is 44.0 Å². The minimum Gasteiger partial charge on any atom is -0.294 e. The van der Waals surface area contributed by atoms with E-state index in [1.165, 1.54) is 19.3 Å². The monoisotopic (exact) mass is 304 g/mol. The minimum atomic E-state index is -1.40. The summed E-state index contributed by atoms with van der Waals surface area (Å²) in [5.41, 5.74) is -1.53. The van der Waals surface area contributed by atoms with Crippen molar-refractivity contribution in [3.05, 3.63) is 23.8 Å². The van der Waals surface area contributed by atoms with Crippen molar-refractivity contribution in [3.63, 3.8) is 0 Å². The van der Waals surface area contributed by atoms with Crippen LogP contribution in [0.4, 0.5) is 0 Å². The Kier molecular flexibility index (Phi) is 4.03. The molecule has 1 saturated heterocycles. The Morgan fingerprint density at radius 1 is 1.05 bits per heavy atom. The number of carbonyl (C=O) groups is 4. The molecule has 8 heteroatoms. The number of aromatic nitrogens is 2. The molecule has 0 spiro atoms. The molecule has 22 heavy (non-hydrogen) atoms. The van der Waals surface area contributed by atoms with Gasteiger partial charge in [0.15, 0.2) is 11.4 Å². The van der Waals surface area contributed by atoms with Gasteiger partial charge in [-0.15, -0.1) is 0 Å². The lowest BCUT2D eigenvalue weighted by atomic mass is 9.89. The summed E-state index contributed by atoms with van der Waals surface area (Å²) >= 11 is 0. The van der Waals surface area contributed by atoms with E-state index in [4.69, 9.17) is 0 Å². The molecule has 4 amide bonds. The normalized spacial score (nSPS) is 23.7. The Labute approximate surface area is 126 Å². The summed E-state index contributed by atoms with van der Waals surface area (Å²) in [6, 6.07) is 0. The van der Waals surface area contributed by atoms with Gasteiger partial charge in [-0.2, -0.15) is 0 Å². The Morgan fingerprint density at radius 3 is 2.00 bits per heavy atom. The van der Waals surface area contributed by atoms with Crippen LogP contribution >= 0.6 is 0 Å². The lowest BCUT2D eigenvalue weighted by molar-refractivity contribution is -0.140. The van der Waals surface area contributed by atoms with Gasteiger partial charge in [-0.25, -0.2) is 9.97 Å². The maximum Gasteiger partial charge on any atom is 0.282 e. The molecular formula is C14H16N4O4. The Hall–Kier alpha value is -2.64. The SMILES string of the molecule is CC.CC1(N2C(=O)c3nccnc3C2=O)CCC(=O)NC1=O. The smallest absolute Gasteiger partial charge is 0.282 e. The predicted octanol–water partition coefficient (Wildman–Crippen LogP) is 0.294. The third-order valence-electron chi connectivity index (χ3n) is 3.58. The van der Waals surface area contributed by atoms with Crippen molar-refractivity contribution in [1.29, 1.82) is 0 Å². The van der Waals surface area contributed by atoms with Gasteiger partial charge in [0.1, 0.15) is 5.54 Å². The van der Waals surface area contributed by atoms with Gasteiger partial charge >= 0.3 is 0 Å². The van der Waals surface area contributed by atoms with Gasteiger partial charge in [-0.3, -0.25) is 29.4 Å². The van der Waals surface area contributed by atoms with E-state index in [9.17, 15) is 19.2 Å². The van der Waals surface area contributed by atoms with Crippen LogP contribution in [0, 0.1) is 0 Å². The lowest BCUT2D eigenvalue weighted by Gasteiger charge is -2.37. The molecule has 1 aromatic rings. The quantitative estimate of drug-likeness (QED) is 0.747. The van der Waals surface area contributed by atoms with Crippen molar-refractivity contribution in [2.24, 2.45) is 0 Å². The number of nitrogens with zero attached hydrogens (tertiary/aromatic N) is 3. The highest BCUT2D eigenvalue weighted by Crippen LogP contribution is 2.32. The molecule has 0 aliphatic carbocycles. The number of carbonyl (C=O) groups excluding carboxylic acids is 4. The van der Waals surface area contributed by atoms with Crippen molar-refractivity contribution in [2.45, 2.75) is 39.2 Å². The van der Waals surface area contributed by atoms with E-state index in [1.807, 2.05) is 13.8 Å². The van der Waals surface area contributed by atoms with Crippen LogP contribution in [0.15, 0.2) is 12.4 Å². The second kappa shape index (κ2) is 5.63. The van der Waals surface area contributed by atoms with Gasteiger partial charge in [0.25, 0.3) is 17.7 Å². The van der Waals surface area contributed by atoms with Crippen LogP contribution in [-0.2, 0) is 9.59 Å². The van der Waals surface area contributed by atoms with E-state index < -0.39 is 29.2 Å². The predicted molar refractivity (Wildman–Crippen MR) is 74.7 cm³/mol. The molecule has 3 rings (SSSR count). The van der Waals surface area contributed by atoms with Gasteiger partial charge in [0, 0.05) is 18.8 Å². The van der Waals surface area contributed by atoms with Gasteiger partial charge in [0.05, 0.1) is 0 Å². The second-order valence-corrected chi connectivity index (χ2v) is 4.85. The highest BCUT2D eigenvalue weighted by atomic mass is 16.2. The lowest BCUT2D eigenvalue weighted by Crippen LogP contribution is -2.62. The number of imide groups is 2. The Balaban J connectivity index is 0.000000847. The number of hydrogen-bond acceptors (Lipinski definition) is 6. The molecule has 8 nitrogen and oxygen atoms in total. The summed E-state index contributed by atoms with van der Waals surface area (Å²) in [5, 5.41) is 2.15. The number of amides is 4. The van der Waals surface area contributed by atoms with E-state index in [2.05, 4.69) is 15.3 Å². The summed E-state index contributed by atoms with van der Waals surface area (Å²) < 4.78 is 0. The van der Waals surface area contributed by atoms with E-state index in [1.54, 1.807) is 0 Å². The van der Waals surface area contributed by atoms with Crippen molar-refractivity contribution >= 4 is 23.6 Å². The van der Waals surface area contributed by atoms with Crippen molar-refractivity contribution in [1.82, 2.24) is 20.2 Å². The molecule has 1 aromatic heterocycles. The Bertz CT molecular complexity index is 638. The first kappa shape index (κ1) is 15.7. The molecular weight excluding hydrogens is 288 g/mol. The van der Waals surface area contributed by atoms with E-state index in [-0.39, 0.29) is 24.2 Å². The zero-order chi connectivity index (χ0) is 16.5. The average molecular weight is 304 g/mol. The number of piperidine rings is 1.